The number of carbonyl (C=O) groups excluding carboxylic acids is 1. The van der Waals surface area contributed by atoms with Crippen LogP contribution in [0.15, 0.2) is 0 Å². The molecule has 0 aromatic carbocycles. The second-order valence-corrected chi connectivity index (χ2v) is 4.66. The quantitative estimate of drug-likeness (QED) is 0.675. The maximum Gasteiger partial charge on any atom is 0.230 e. The zero-order valence-electron chi connectivity index (χ0n) is 12.1. The Balaban J connectivity index is 5.68. The largest absolute Gasteiger partial charge is 0.297 e. The summed E-state index contributed by atoms with van der Waals surface area (Å²) in [7, 11) is 0. The number of rotatable bonds is 6. The molecule has 0 aliphatic carbocycles. The van der Waals surface area contributed by atoms with Crippen LogP contribution in [0.3, 0.4) is 0 Å². The monoisotopic (exact) mass is 314 g/mol. The molecule has 0 saturated heterocycles. The van der Waals surface area contributed by atoms with E-state index in [1.54, 1.807) is 0 Å². The molecule has 112 valence electrons. The molecular weight excluding hydrogens is 308 g/mol. The number of nitrogens with zero attached hydrogens (tertiary/aromatic N) is 8. The van der Waals surface area contributed by atoms with Crippen molar-refractivity contribution in [1.29, 1.82) is 42.1 Å². The molecule has 0 aliphatic rings. The highest BCUT2D eigenvalue weighted by Gasteiger charge is 2.42. The van der Waals surface area contributed by atoms with Gasteiger partial charge in [-0.05, 0) is 0 Å². The summed E-state index contributed by atoms with van der Waals surface area (Å²) in [5.74, 6) is -4.36. The average molecular weight is 314 g/mol. The fourth-order valence-corrected chi connectivity index (χ4v) is 1.70. The molecule has 0 aliphatic heterocycles. The van der Waals surface area contributed by atoms with Crippen LogP contribution in [0, 0.1) is 113 Å². The number of Topliss-reactive ketones (excluding diaryl/α,β-unsaturated/α-hetero) is 1. The SMILES string of the molecule is N#CC(CC(C#N)(C#N)C#N)C(=O)C(C#N)CC(C#N)(C#N)C#N. The van der Waals surface area contributed by atoms with Crippen LogP contribution in [0.4, 0.5) is 0 Å². The van der Waals surface area contributed by atoms with E-state index in [1.165, 1.54) is 48.6 Å². The van der Waals surface area contributed by atoms with Crippen LogP contribution >= 0.6 is 0 Å². The van der Waals surface area contributed by atoms with Gasteiger partial charge in [-0.3, -0.25) is 4.79 Å². The molecule has 0 N–H and O–H groups in total. The highest BCUT2D eigenvalue weighted by molar-refractivity contribution is 5.88. The van der Waals surface area contributed by atoms with E-state index in [2.05, 4.69) is 0 Å². The Bertz CT molecular complexity index is 718. The molecule has 0 aromatic heterocycles. The maximum absolute atomic E-state index is 12.3. The summed E-state index contributed by atoms with van der Waals surface area (Å²) >= 11 is 0. The van der Waals surface area contributed by atoms with Gasteiger partial charge in [-0.1, -0.05) is 0 Å². The highest BCUT2D eigenvalue weighted by atomic mass is 16.1. The van der Waals surface area contributed by atoms with Gasteiger partial charge in [-0.2, -0.15) is 42.1 Å². The Hall–Kier alpha value is -4.41. The molecule has 0 radical (unpaired) electrons. The van der Waals surface area contributed by atoms with E-state index < -0.39 is 41.3 Å². The minimum Gasteiger partial charge on any atom is -0.297 e. The van der Waals surface area contributed by atoms with E-state index >= 15 is 0 Å². The van der Waals surface area contributed by atoms with Gasteiger partial charge in [0.25, 0.3) is 0 Å². The Morgan fingerprint density at radius 3 is 1.04 bits per heavy atom. The molecule has 2 atom stereocenters. The minimum absolute atomic E-state index is 0.747. The molecule has 9 nitrogen and oxygen atoms in total. The van der Waals surface area contributed by atoms with Crippen LogP contribution in [0.5, 0.6) is 0 Å². The first-order valence-electron chi connectivity index (χ1n) is 6.17. The highest BCUT2D eigenvalue weighted by Crippen LogP contribution is 2.30. The number of carbonyl (C=O) groups is 1. The van der Waals surface area contributed by atoms with E-state index in [-0.39, 0.29) is 0 Å². The molecule has 0 saturated carbocycles. The third-order valence-corrected chi connectivity index (χ3v) is 3.16. The Labute approximate surface area is 137 Å². The van der Waals surface area contributed by atoms with Crippen molar-refractivity contribution in [3.63, 3.8) is 0 Å². The summed E-state index contributed by atoms with van der Waals surface area (Å²) in [6.07, 6.45) is -1.49. The zero-order valence-corrected chi connectivity index (χ0v) is 12.1. The fourth-order valence-electron chi connectivity index (χ4n) is 1.70. The number of hydrogen-bond donors (Lipinski definition) is 0. The van der Waals surface area contributed by atoms with Crippen molar-refractivity contribution in [2.75, 3.05) is 0 Å². The Morgan fingerprint density at radius 2 is 0.875 bits per heavy atom. The lowest BCUT2D eigenvalue weighted by molar-refractivity contribution is -0.124. The van der Waals surface area contributed by atoms with Crippen LogP contribution in [-0.2, 0) is 4.79 Å². The Morgan fingerprint density at radius 1 is 0.625 bits per heavy atom. The topological polar surface area (TPSA) is 207 Å². The van der Waals surface area contributed by atoms with Gasteiger partial charge in [0.05, 0.1) is 12.1 Å². The molecule has 0 rings (SSSR count). The van der Waals surface area contributed by atoms with Crippen molar-refractivity contribution < 1.29 is 4.79 Å². The van der Waals surface area contributed by atoms with Crippen LogP contribution in [0.1, 0.15) is 12.8 Å². The standard InChI is InChI=1S/C15H6N8O/c16-3-11(1-14(5-18,6-19)7-20)13(24)12(4-17)2-15(8-21,9-22)10-23/h11-12H,1-2H2. The molecule has 0 spiro atoms. The predicted octanol–water partition coefficient (Wildman–Crippen LogP) is 0.730. The number of ketones is 1. The fraction of sp³-hybridized carbons (Fsp3) is 0.400. The molecule has 2 unspecified atom stereocenters. The summed E-state index contributed by atoms with van der Waals surface area (Å²) in [4.78, 5) is 12.3. The van der Waals surface area contributed by atoms with Gasteiger partial charge in [0.15, 0.2) is 5.78 Å². The van der Waals surface area contributed by atoms with Crippen molar-refractivity contribution in [1.82, 2.24) is 0 Å². The van der Waals surface area contributed by atoms with E-state index in [4.69, 9.17) is 42.1 Å². The first-order valence-corrected chi connectivity index (χ1v) is 6.17. The first-order chi connectivity index (χ1) is 11.4. The van der Waals surface area contributed by atoms with Gasteiger partial charge in [-0.15, -0.1) is 0 Å². The zero-order chi connectivity index (χ0) is 18.8. The van der Waals surface area contributed by atoms with Gasteiger partial charge >= 0.3 is 0 Å². The summed E-state index contributed by atoms with van der Waals surface area (Å²) in [5.41, 5.74) is -4.49. The second-order valence-electron chi connectivity index (χ2n) is 4.66. The summed E-state index contributed by atoms with van der Waals surface area (Å²) < 4.78 is 0. The van der Waals surface area contributed by atoms with Crippen LogP contribution in [0.2, 0.25) is 0 Å². The van der Waals surface area contributed by atoms with E-state index in [0.29, 0.717) is 0 Å². The Kier molecular flexibility index (Phi) is 6.64. The molecule has 24 heavy (non-hydrogen) atoms. The van der Waals surface area contributed by atoms with Crippen molar-refractivity contribution in [2.45, 2.75) is 12.8 Å². The second kappa shape index (κ2) is 8.14. The van der Waals surface area contributed by atoms with E-state index in [0.717, 1.165) is 0 Å². The molecular formula is C15H6N8O. The van der Waals surface area contributed by atoms with Crippen LogP contribution in [-0.4, -0.2) is 5.78 Å². The van der Waals surface area contributed by atoms with Crippen molar-refractivity contribution in [3.05, 3.63) is 0 Å². The van der Waals surface area contributed by atoms with Crippen molar-refractivity contribution >= 4 is 5.78 Å². The molecule has 0 bridgehead atoms. The van der Waals surface area contributed by atoms with E-state index in [1.807, 2.05) is 0 Å². The molecule has 0 fully saturated rings. The van der Waals surface area contributed by atoms with Crippen LogP contribution < -0.4 is 0 Å². The molecule has 0 aromatic rings. The molecule has 9 heteroatoms. The maximum atomic E-state index is 12.3. The number of hydrogen-bond acceptors (Lipinski definition) is 9. The average Bonchev–Trinajstić information content (AvgIpc) is 2.65. The first kappa shape index (κ1) is 19.6. The summed E-state index contributed by atoms with van der Waals surface area (Å²) in [6.45, 7) is 0. The predicted molar refractivity (Wildman–Crippen MR) is 71.0 cm³/mol. The normalized spacial score (nSPS) is 12.0. The molecule has 0 amide bonds. The van der Waals surface area contributed by atoms with Crippen LogP contribution in [0.25, 0.3) is 0 Å². The molecule has 0 heterocycles. The minimum atomic E-state index is -2.24. The lowest BCUT2D eigenvalue weighted by Gasteiger charge is -2.18. The smallest absolute Gasteiger partial charge is 0.230 e. The van der Waals surface area contributed by atoms with Gasteiger partial charge in [0.2, 0.25) is 10.8 Å². The third-order valence-electron chi connectivity index (χ3n) is 3.16. The van der Waals surface area contributed by atoms with Gasteiger partial charge in [0, 0.05) is 12.8 Å². The van der Waals surface area contributed by atoms with Gasteiger partial charge in [-0.25, -0.2) is 0 Å². The van der Waals surface area contributed by atoms with Gasteiger partial charge in [0.1, 0.15) is 48.3 Å². The lowest BCUT2D eigenvalue weighted by Crippen LogP contribution is -2.31. The van der Waals surface area contributed by atoms with E-state index in [9.17, 15) is 4.79 Å². The lowest BCUT2D eigenvalue weighted by atomic mass is 9.75. The van der Waals surface area contributed by atoms with Gasteiger partial charge < -0.3 is 0 Å². The summed E-state index contributed by atoms with van der Waals surface area (Å²) in [6, 6.07) is 11.5. The third kappa shape index (κ3) is 3.82. The summed E-state index contributed by atoms with van der Waals surface area (Å²) in [5, 5.41) is 71.4. The number of nitriles is 8. The van der Waals surface area contributed by atoms with Crippen molar-refractivity contribution in [2.24, 2.45) is 22.7 Å². The van der Waals surface area contributed by atoms with Crippen molar-refractivity contribution in [3.8, 4) is 48.6 Å².